The lowest BCUT2D eigenvalue weighted by molar-refractivity contribution is -0.136. The molecule has 8 heteroatoms. The Balaban J connectivity index is 1.68. The molecule has 0 spiro atoms. The van der Waals surface area contributed by atoms with Crippen molar-refractivity contribution in [1.82, 2.24) is 9.88 Å². The number of benzene rings is 1. The lowest BCUT2D eigenvalue weighted by atomic mass is 10.1. The van der Waals surface area contributed by atoms with Crippen LogP contribution in [0, 0.1) is 5.82 Å². The smallest absolute Gasteiger partial charge is 0.245 e. The van der Waals surface area contributed by atoms with Crippen molar-refractivity contribution in [1.29, 1.82) is 0 Å². The zero-order valence-corrected chi connectivity index (χ0v) is 14.6. The van der Waals surface area contributed by atoms with Crippen molar-refractivity contribution >= 4 is 28.3 Å². The van der Waals surface area contributed by atoms with Gasteiger partial charge in [0.15, 0.2) is 5.13 Å². The molecule has 1 fully saturated rings. The molecule has 1 N–H and O–H groups in total. The van der Waals surface area contributed by atoms with Gasteiger partial charge in [-0.25, -0.2) is 9.37 Å². The van der Waals surface area contributed by atoms with E-state index in [0.717, 1.165) is 12.8 Å². The van der Waals surface area contributed by atoms with Crippen molar-refractivity contribution in [3.8, 4) is 17.0 Å². The third-order valence-corrected chi connectivity index (χ3v) is 4.70. The maximum Gasteiger partial charge on any atom is 0.245 e. The lowest BCUT2D eigenvalue weighted by Gasteiger charge is -2.25. The number of halogens is 1. The van der Waals surface area contributed by atoms with Gasteiger partial charge in [-0.2, -0.15) is 0 Å². The Labute approximate surface area is 148 Å². The van der Waals surface area contributed by atoms with E-state index < -0.39 is 5.82 Å². The van der Waals surface area contributed by atoms with E-state index in [2.05, 4.69) is 10.3 Å². The molecule has 1 aliphatic heterocycles. The van der Waals surface area contributed by atoms with Crippen LogP contribution in [0.4, 0.5) is 9.52 Å². The fourth-order valence-electron chi connectivity index (χ4n) is 2.70. The predicted molar refractivity (Wildman–Crippen MR) is 93.1 cm³/mol. The van der Waals surface area contributed by atoms with Gasteiger partial charge in [0, 0.05) is 23.9 Å². The van der Waals surface area contributed by atoms with Gasteiger partial charge in [-0.05, 0) is 31.0 Å². The molecule has 3 rings (SSSR count). The highest BCUT2D eigenvalue weighted by Crippen LogP contribution is 2.32. The summed E-state index contributed by atoms with van der Waals surface area (Å²) in [5.74, 6) is -0.172. The van der Waals surface area contributed by atoms with Crippen LogP contribution in [0.1, 0.15) is 19.3 Å². The summed E-state index contributed by atoms with van der Waals surface area (Å²) in [5, 5.41) is 4.81. The molecule has 0 saturated carbocycles. The first kappa shape index (κ1) is 17.3. The van der Waals surface area contributed by atoms with E-state index in [-0.39, 0.29) is 18.4 Å². The molecule has 0 unspecified atom stereocenters. The van der Waals surface area contributed by atoms with Crippen LogP contribution < -0.4 is 10.1 Å². The van der Waals surface area contributed by atoms with E-state index in [9.17, 15) is 14.0 Å². The molecule has 1 saturated heterocycles. The number of ether oxygens (including phenoxy) is 1. The van der Waals surface area contributed by atoms with E-state index in [4.69, 9.17) is 4.74 Å². The second-order valence-corrected chi connectivity index (χ2v) is 6.56. The molecule has 0 atom stereocenters. The van der Waals surface area contributed by atoms with Crippen LogP contribution in [-0.4, -0.2) is 41.9 Å². The fraction of sp³-hybridized carbons (Fsp3) is 0.353. The number of nitrogens with one attached hydrogen (secondary N) is 1. The van der Waals surface area contributed by atoms with Crippen LogP contribution in [0.2, 0.25) is 0 Å². The van der Waals surface area contributed by atoms with Crippen LogP contribution in [0.25, 0.3) is 11.3 Å². The van der Waals surface area contributed by atoms with Gasteiger partial charge in [-0.15, -0.1) is 11.3 Å². The van der Waals surface area contributed by atoms with Crippen molar-refractivity contribution in [3.05, 3.63) is 29.4 Å². The van der Waals surface area contributed by atoms with E-state index in [1.807, 2.05) is 0 Å². The first-order valence-corrected chi connectivity index (χ1v) is 8.82. The fourth-order valence-corrected chi connectivity index (χ4v) is 3.42. The monoisotopic (exact) mass is 363 g/mol. The SMILES string of the molecule is COc1ccc(F)cc1-c1csc(NC(=O)CN2CCCCC2=O)n1. The van der Waals surface area contributed by atoms with E-state index >= 15 is 0 Å². The summed E-state index contributed by atoms with van der Waals surface area (Å²) >= 11 is 1.24. The zero-order chi connectivity index (χ0) is 17.8. The topological polar surface area (TPSA) is 71.5 Å². The Hall–Kier alpha value is -2.48. The molecule has 0 radical (unpaired) electrons. The molecular formula is C17H18FN3O3S. The van der Waals surface area contributed by atoms with E-state index in [1.165, 1.54) is 36.6 Å². The molecular weight excluding hydrogens is 345 g/mol. The maximum absolute atomic E-state index is 13.5. The van der Waals surface area contributed by atoms with Gasteiger partial charge in [0.25, 0.3) is 0 Å². The number of carbonyl (C=O) groups excluding carboxylic acids is 2. The van der Waals surface area contributed by atoms with Crippen LogP contribution in [0.3, 0.4) is 0 Å². The number of rotatable bonds is 5. The number of carbonyl (C=O) groups is 2. The van der Waals surface area contributed by atoms with Gasteiger partial charge in [0.2, 0.25) is 11.8 Å². The van der Waals surface area contributed by atoms with Crippen molar-refractivity contribution in [2.45, 2.75) is 19.3 Å². The zero-order valence-electron chi connectivity index (χ0n) is 13.8. The minimum absolute atomic E-state index is 0.00530. The number of likely N-dealkylation sites (tertiary alicyclic amines) is 1. The van der Waals surface area contributed by atoms with Crippen LogP contribution >= 0.6 is 11.3 Å². The van der Waals surface area contributed by atoms with Crippen molar-refractivity contribution in [2.24, 2.45) is 0 Å². The van der Waals surface area contributed by atoms with Crippen LogP contribution in [0.5, 0.6) is 5.75 Å². The molecule has 6 nitrogen and oxygen atoms in total. The van der Waals surface area contributed by atoms with E-state index in [0.29, 0.717) is 35.1 Å². The first-order chi connectivity index (χ1) is 12.1. The summed E-state index contributed by atoms with van der Waals surface area (Å²) in [6.07, 6.45) is 2.29. The van der Waals surface area contributed by atoms with Gasteiger partial charge in [-0.1, -0.05) is 0 Å². The number of nitrogens with zero attached hydrogens (tertiary/aromatic N) is 2. The molecule has 1 aromatic heterocycles. The first-order valence-electron chi connectivity index (χ1n) is 7.94. The quantitative estimate of drug-likeness (QED) is 0.887. The Kier molecular flexibility index (Phi) is 5.28. The van der Waals surface area contributed by atoms with Gasteiger partial charge in [0.05, 0.1) is 19.3 Å². The lowest BCUT2D eigenvalue weighted by Crippen LogP contribution is -2.40. The molecule has 2 aromatic rings. The number of piperidine rings is 1. The third kappa shape index (κ3) is 4.14. The summed E-state index contributed by atoms with van der Waals surface area (Å²) < 4.78 is 18.7. The molecule has 132 valence electrons. The van der Waals surface area contributed by atoms with Gasteiger partial charge in [-0.3, -0.25) is 9.59 Å². The summed E-state index contributed by atoms with van der Waals surface area (Å²) in [6, 6.07) is 4.18. The molecule has 0 aliphatic carbocycles. The standard InChI is InChI=1S/C17H18FN3O3S/c1-24-14-6-5-11(18)8-12(14)13-10-25-17(19-13)20-15(22)9-21-7-3-2-4-16(21)23/h5-6,8,10H,2-4,7,9H2,1H3,(H,19,20,22). The summed E-state index contributed by atoms with van der Waals surface area (Å²) in [7, 11) is 1.50. The highest BCUT2D eigenvalue weighted by Gasteiger charge is 2.21. The number of aromatic nitrogens is 1. The molecule has 1 aliphatic rings. The largest absolute Gasteiger partial charge is 0.496 e. The van der Waals surface area contributed by atoms with Crippen molar-refractivity contribution < 1.29 is 18.7 Å². The molecule has 2 heterocycles. The maximum atomic E-state index is 13.5. The number of methoxy groups -OCH3 is 1. The third-order valence-electron chi connectivity index (χ3n) is 3.94. The Morgan fingerprint density at radius 1 is 1.44 bits per heavy atom. The Morgan fingerprint density at radius 2 is 2.28 bits per heavy atom. The summed E-state index contributed by atoms with van der Waals surface area (Å²) in [5.41, 5.74) is 1.04. The summed E-state index contributed by atoms with van der Waals surface area (Å²) in [6.45, 7) is 0.632. The number of hydrogen-bond donors (Lipinski definition) is 1. The Morgan fingerprint density at radius 3 is 3.04 bits per heavy atom. The predicted octanol–water partition coefficient (Wildman–Crippen LogP) is 2.91. The van der Waals surface area contributed by atoms with Gasteiger partial charge < -0.3 is 15.0 Å². The van der Waals surface area contributed by atoms with E-state index in [1.54, 1.807) is 10.3 Å². The minimum Gasteiger partial charge on any atom is -0.496 e. The Bertz CT molecular complexity index is 793. The molecule has 1 aromatic carbocycles. The minimum atomic E-state index is -0.391. The number of anilines is 1. The number of amides is 2. The second-order valence-electron chi connectivity index (χ2n) is 5.70. The van der Waals surface area contributed by atoms with Gasteiger partial charge >= 0.3 is 0 Å². The van der Waals surface area contributed by atoms with Crippen molar-refractivity contribution in [3.63, 3.8) is 0 Å². The number of hydrogen-bond acceptors (Lipinski definition) is 5. The average Bonchev–Trinajstić information content (AvgIpc) is 3.05. The average molecular weight is 363 g/mol. The molecule has 25 heavy (non-hydrogen) atoms. The summed E-state index contributed by atoms with van der Waals surface area (Å²) in [4.78, 5) is 29.8. The normalized spacial score (nSPS) is 14.5. The van der Waals surface area contributed by atoms with Crippen LogP contribution in [0.15, 0.2) is 23.6 Å². The van der Waals surface area contributed by atoms with Crippen LogP contribution in [-0.2, 0) is 9.59 Å². The second kappa shape index (κ2) is 7.60. The van der Waals surface area contributed by atoms with Crippen molar-refractivity contribution in [2.75, 3.05) is 25.5 Å². The van der Waals surface area contributed by atoms with Gasteiger partial charge in [0.1, 0.15) is 11.6 Å². The molecule has 0 bridgehead atoms. The highest BCUT2D eigenvalue weighted by atomic mass is 32.1. The highest BCUT2D eigenvalue weighted by molar-refractivity contribution is 7.14. The number of thiazole rings is 1. The molecule has 2 amide bonds.